The SMILES string of the molecule is CC(O)CNC(=O)c1cccc(Cl)c1Cl. The Morgan fingerprint density at radius 3 is 2.80 bits per heavy atom. The first-order valence-electron chi connectivity index (χ1n) is 4.42. The first kappa shape index (κ1) is 12.3. The van der Waals surface area contributed by atoms with E-state index in [9.17, 15) is 4.79 Å². The Labute approximate surface area is 98.0 Å². The quantitative estimate of drug-likeness (QED) is 0.860. The third-order valence-corrected chi connectivity index (χ3v) is 2.57. The Bertz CT molecular complexity index is 366. The van der Waals surface area contributed by atoms with Crippen LogP contribution in [0.1, 0.15) is 17.3 Å². The fraction of sp³-hybridized carbons (Fsp3) is 0.300. The molecule has 0 fully saturated rings. The fourth-order valence-corrected chi connectivity index (χ4v) is 1.40. The van der Waals surface area contributed by atoms with Crippen LogP contribution >= 0.6 is 23.2 Å². The normalized spacial score (nSPS) is 12.3. The average Bonchev–Trinajstić information content (AvgIpc) is 2.18. The van der Waals surface area contributed by atoms with Gasteiger partial charge in [0, 0.05) is 6.54 Å². The number of carbonyl (C=O) groups excluding carboxylic acids is 1. The molecule has 0 saturated heterocycles. The first-order chi connectivity index (χ1) is 7.02. The summed E-state index contributed by atoms with van der Waals surface area (Å²) in [6, 6.07) is 4.83. The zero-order valence-electron chi connectivity index (χ0n) is 8.13. The molecule has 1 unspecified atom stereocenters. The van der Waals surface area contributed by atoms with Gasteiger partial charge in [0.15, 0.2) is 0 Å². The van der Waals surface area contributed by atoms with E-state index in [4.69, 9.17) is 28.3 Å². The predicted molar refractivity (Wildman–Crippen MR) is 60.5 cm³/mol. The monoisotopic (exact) mass is 247 g/mol. The largest absolute Gasteiger partial charge is 0.392 e. The molecule has 3 nitrogen and oxygen atoms in total. The van der Waals surface area contributed by atoms with Crippen LogP contribution in [0.2, 0.25) is 10.0 Å². The van der Waals surface area contributed by atoms with Gasteiger partial charge in [-0.15, -0.1) is 0 Å². The summed E-state index contributed by atoms with van der Waals surface area (Å²) >= 11 is 11.6. The first-order valence-corrected chi connectivity index (χ1v) is 5.18. The van der Waals surface area contributed by atoms with Crippen LogP contribution in [0.15, 0.2) is 18.2 Å². The third-order valence-electron chi connectivity index (χ3n) is 1.75. The van der Waals surface area contributed by atoms with E-state index in [0.29, 0.717) is 10.6 Å². The third kappa shape index (κ3) is 3.38. The van der Waals surface area contributed by atoms with Crippen LogP contribution in [0.5, 0.6) is 0 Å². The Morgan fingerprint density at radius 2 is 2.20 bits per heavy atom. The van der Waals surface area contributed by atoms with Crippen molar-refractivity contribution in [1.82, 2.24) is 5.32 Å². The van der Waals surface area contributed by atoms with Crippen molar-refractivity contribution in [3.8, 4) is 0 Å². The number of carbonyl (C=O) groups is 1. The summed E-state index contributed by atoms with van der Waals surface area (Å²) in [7, 11) is 0. The fourth-order valence-electron chi connectivity index (χ4n) is 1.01. The molecule has 5 heteroatoms. The second-order valence-corrected chi connectivity index (χ2v) is 3.95. The van der Waals surface area contributed by atoms with Gasteiger partial charge in [-0.25, -0.2) is 0 Å². The van der Waals surface area contributed by atoms with Crippen molar-refractivity contribution < 1.29 is 9.90 Å². The number of rotatable bonds is 3. The van der Waals surface area contributed by atoms with Crippen LogP contribution in [-0.2, 0) is 0 Å². The standard InChI is InChI=1S/C10H11Cl2NO2/c1-6(14)5-13-10(15)7-3-2-4-8(11)9(7)12/h2-4,6,14H,5H2,1H3,(H,13,15). The summed E-state index contributed by atoms with van der Waals surface area (Å²) in [6.45, 7) is 1.77. The molecule has 0 heterocycles. The molecule has 1 aromatic carbocycles. The van der Waals surface area contributed by atoms with Crippen LogP contribution in [0, 0.1) is 0 Å². The summed E-state index contributed by atoms with van der Waals surface area (Å²) in [5.41, 5.74) is 0.310. The van der Waals surface area contributed by atoms with E-state index in [1.165, 1.54) is 0 Å². The van der Waals surface area contributed by atoms with Crippen molar-refractivity contribution >= 4 is 29.1 Å². The minimum absolute atomic E-state index is 0.182. The second kappa shape index (κ2) is 5.35. The van der Waals surface area contributed by atoms with Gasteiger partial charge in [0.25, 0.3) is 5.91 Å². The molecule has 0 spiro atoms. The Balaban J connectivity index is 2.78. The Kier molecular flexibility index (Phi) is 4.39. The van der Waals surface area contributed by atoms with E-state index >= 15 is 0 Å². The topological polar surface area (TPSA) is 49.3 Å². The van der Waals surface area contributed by atoms with Crippen molar-refractivity contribution in [3.63, 3.8) is 0 Å². The predicted octanol–water partition coefficient (Wildman–Crippen LogP) is 2.10. The van der Waals surface area contributed by atoms with Crippen molar-refractivity contribution in [2.24, 2.45) is 0 Å². The summed E-state index contributed by atoms with van der Waals surface area (Å²) in [5.74, 6) is -0.344. The molecule has 0 aromatic heterocycles. The van der Waals surface area contributed by atoms with Crippen LogP contribution in [0.4, 0.5) is 0 Å². The minimum Gasteiger partial charge on any atom is -0.392 e. The van der Waals surface area contributed by atoms with E-state index in [1.54, 1.807) is 25.1 Å². The lowest BCUT2D eigenvalue weighted by Crippen LogP contribution is -2.30. The molecule has 1 rings (SSSR count). The van der Waals surface area contributed by atoms with E-state index in [2.05, 4.69) is 5.32 Å². The molecular formula is C10H11Cl2NO2. The van der Waals surface area contributed by atoms with Gasteiger partial charge in [0.2, 0.25) is 0 Å². The highest BCUT2D eigenvalue weighted by atomic mass is 35.5. The van der Waals surface area contributed by atoms with Crippen LogP contribution in [0.3, 0.4) is 0 Å². The summed E-state index contributed by atoms with van der Waals surface area (Å²) < 4.78 is 0. The number of nitrogens with one attached hydrogen (secondary N) is 1. The van der Waals surface area contributed by atoms with E-state index in [0.717, 1.165) is 0 Å². The lowest BCUT2D eigenvalue weighted by Gasteiger charge is -2.08. The molecule has 0 aliphatic heterocycles. The average molecular weight is 248 g/mol. The maximum Gasteiger partial charge on any atom is 0.252 e. The highest BCUT2D eigenvalue weighted by Gasteiger charge is 2.12. The molecule has 82 valence electrons. The molecule has 1 amide bonds. The number of amides is 1. The minimum atomic E-state index is -0.591. The molecule has 15 heavy (non-hydrogen) atoms. The van der Waals surface area contributed by atoms with E-state index in [-0.39, 0.29) is 17.5 Å². The zero-order chi connectivity index (χ0) is 11.4. The molecular weight excluding hydrogens is 237 g/mol. The molecule has 0 radical (unpaired) electrons. The number of aliphatic hydroxyl groups is 1. The highest BCUT2D eigenvalue weighted by Crippen LogP contribution is 2.25. The van der Waals surface area contributed by atoms with Crippen LogP contribution in [0.25, 0.3) is 0 Å². The number of halogens is 2. The van der Waals surface area contributed by atoms with Gasteiger partial charge in [-0.1, -0.05) is 29.3 Å². The van der Waals surface area contributed by atoms with Gasteiger partial charge in [-0.05, 0) is 19.1 Å². The van der Waals surface area contributed by atoms with Crippen LogP contribution < -0.4 is 5.32 Å². The lowest BCUT2D eigenvalue weighted by atomic mass is 10.2. The maximum atomic E-state index is 11.6. The van der Waals surface area contributed by atoms with Gasteiger partial charge in [-0.2, -0.15) is 0 Å². The molecule has 0 saturated carbocycles. The van der Waals surface area contributed by atoms with E-state index in [1.807, 2.05) is 0 Å². The number of hydrogen-bond acceptors (Lipinski definition) is 2. The Morgan fingerprint density at radius 1 is 1.53 bits per heavy atom. The molecule has 1 aromatic rings. The lowest BCUT2D eigenvalue weighted by molar-refractivity contribution is 0.0924. The number of aliphatic hydroxyl groups excluding tert-OH is 1. The van der Waals surface area contributed by atoms with Crippen molar-refractivity contribution in [2.75, 3.05) is 6.54 Å². The van der Waals surface area contributed by atoms with E-state index < -0.39 is 6.10 Å². The maximum absolute atomic E-state index is 11.6. The number of benzene rings is 1. The summed E-state index contributed by atoms with van der Waals surface area (Å²) in [4.78, 5) is 11.6. The second-order valence-electron chi connectivity index (χ2n) is 3.16. The highest BCUT2D eigenvalue weighted by molar-refractivity contribution is 6.43. The zero-order valence-corrected chi connectivity index (χ0v) is 9.64. The smallest absolute Gasteiger partial charge is 0.252 e. The summed E-state index contributed by atoms with van der Waals surface area (Å²) in [5, 5.41) is 12.1. The van der Waals surface area contributed by atoms with Crippen LogP contribution in [-0.4, -0.2) is 23.7 Å². The summed E-state index contributed by atoms with van der Waals surface area (Å²) in [6.07, 6.45) is -0.591. The Hall–Kier alpha value is -0.770. The van der Waals surface area contributed by atoms with Gasteiger partial charge < -0.3 is 10.4 Å². The van der Waals surface area contributed by atoms with Crippen molar-refractivity contribution in [1.29, 1.82) is 0 Å². The van der Waals surface area contributed by atoms with Gasteiger partial charge >= 0.3 is 0 Å². The van der Waals surface area contributed by atoms with Gasteiger partial charge in [0.1, 0.15) is 0 Å². The molecule has 0 bridgehead atoms. The number of hydrogen-bond donors (Lipinski definition) is 2. The van der Waals surface area contributed by atoms with Gasteiger partial charge in [-0.3, -0.25) is 4.79 Å². The molecule has 0 aliphatic rings. The van der Waals surface area contributed by atoms with Crippen molar-refractivity contribution in [3.05, 3.63) is 33.8 Å². The molecule has 2 N–H and O–H groups in total. The molecule has 0 aliphatic carbocycles. The molecule has 1 atom stereocenters. The van der Waals surface area contributed by atoms with Crippen molar-refractivity contribution in [2.45, 2.75) is 13.0 Å². The van der Waals surface area contributed by atoms with Gasteiger partial charge in [0.05, 0.1) is 21.7 Å².